The van der Waals surface area contributed by atoms with E-state index in [1.165, 1.54) is 7.11 Å². The fourth-order valence-corrected chi connectivity index (χ4v) is 3.35. The molecule has 1 N–H and O–H groups in total. The van der Waals surface area contributed by atoms with Crippen molar-refractivity contribution < 1.29 is 14.3 Å². The van der Waals surface area contributed by atoms with Gasteiger partial charge in [-0.3, -0.25) is 4.79 Å². The average molecular weight is 383 g/mol. The van der Waals surface area contributed by atoms with Gasteiger partial charge in [0.25, 0.3) is 0 Å². The predicted octanol–water partition coefficient (Wildman–Crippen LogP) is 3.63. The van der Waals surface area contributed by atoms with Crippen molar-refractivity contribution in [3.05, 3.63) is 59.4 Å². The number of hydrogen-bond acceptors (Lipinski definition) is 5. The summed E-state index contributed by atoms with van der Waals surface area (Å²) in [4.78, 5) is 29.1. The number of esters is 1. The number of carbonyl (C=O) groups excluding carboxylic acids is 2. The molecule has 0 aliphatic carbocycles. The number of aromatic nitrogens is 2. The number of nitrogens with one attached hydrogen (secondary N) is 1. The zero-order valence-corrected chi connectivity index (χ0v) is 16.3. The summed E-state index contributed by atoms with van der Waals surface area (Å²) in [7, 11) is 1.33. The quantitative estimate of drug-likeness (QED) is 0.658. The Morgan fingerprint density at radius 3 is 2.74 bits per heavy atom. The number of aryl methyl sites for hydroxylation is 1. The van der Waals surface area contributed by atoms with Crippen molar-refractivity contribution >= 4 is 40.4 Å². The maximum atomic E-state index is 12.7. The number of thioether (sulfide) groups is 1. The van der Waals surface area contributed by atoms with E-state index in [0.29, 0.717) is 11.3 Å². The van der Waals surface area contributed by atoms with Gasteiger partial charge in [0.15, 0.2) is 0 Å². The molecular formula is C20H21N3O3S. The lowest BCUT2D eigenvalue weighted by molar-refractivity contribution is -0.116. The summed E-state index contributed by atoms with van der Waals surface area (Å²) in [6.07, 6.45) is 2.01. The van der Waals surface area contributed by atoms with E-state index in [-0.39, 0.29) is 12.5 Å². The van der Waals surface area contributed by atoms with Crippen LogP contribution in [0.2, 0.25) is 0 Å². The lowest BCUT2D eigenvalue weighted by Gasteiger charge is -2.12. The molecule has 0 fully saturated rings. The molecule has 0 unspecified atom stereocenters. The third kappa shape index (κ3) is 4.14. The lowest BCUT2D eigenvalue weighted by atomic mass is 10.1. The molecule has 6 nitrogen and oxygen atoms in total. The van der Waals surface area contributed by atoms with Crippen molar-refractivity contribution in [2.24, 2.45) is 0 Å². The number of benzene rings is 2. The monoisotopic (exact) mass is 383 g/mol. The Morgan fingerprint density at radius 2 is 2.00 bits per heavy atom. The Hall–Kier alpha value is -2.80. The van der Waals surface area contributed by atoms with Crippen molar-refractivity contribution in [1.29, 1.82) is 0 Å². The number of ether oxygens (including phenoxy) is 1. The first-order valence-corrected chi connectivity index (χ1v) is 9.84. The van der Waals surface area contributed by atoms with Gasteiger partial charge in [0.2, 0.25) is 5.91 Å². The summed E-state index contributed by atoms with van der Waals surface area (Å²) in [6.45, 7) is 2.03. The van der Waals surface area contributed by atoms with Crippen LogP contribution in [-0.2, 0) is 21.8 Å². The number of rotatable bonds is 6. The van der Waals surface area contributed by atoms with Gasteiger partial charge in [0, 0.05) is 5.69 Å². The highest BCUT2D eigenvalue weighted by Crippen LogP contribution is 2.21. The Balaban J connectivity index is 1.85. The maximum Gasteiger partial charge on any atom is 0.337 e. The minimum Gasteiger partial charge on any atom is -0.465 e. The molecule has 140 valence electrons. The van der Waals surface area contributed by atoms with E-state index in [4.69, 9.17) is 4.74 Å². The molecule has 1 heterocycles. The fourth-order valence-electron chi connectivity index (χ4n) is 2.88. The van der Waals surface area contributed by atoms with Crippen LogP contribution in [0.3, 0.4) is 0 Å². The van der Waals surface area contributed by atoms with E-state index in [2.05, 4.69) is 10.3 Å². The molecule has 27 heavy (non-hydrogen) atoms. The lowest BCUT2D eigenvalue weighted by Crippen LogP contribution is -2.20. The molecule has 3 rings (SSSR count). The van der Waals surface area contributed by atoms with E-state index in [1.807, 2.05) is 42.0 Å². The smallest absolute Gasteiger partial charge is 0.337 e. The molecule has 0 atom stereocenters. The highest BCUT2D eigenvalue weighted by Gasteiger charge is 2.15. The highest BCUT2D eigenvalue weighted by atomic mass is 32.2. The van der Waals surface area contributed by atoms with Crippen LogP contribution in [0.4, 0.5) is 5.69 Å². The van der Waals surface area contributed by atoms with Gasteiger partial charge < -0.3 is 14.6 Å². The van der Waals surface area contributed by atoms with Crippen molar-refractivity contribution in [3.63, 3.8) is 0 Å². The van der Waals surface area contributed by atoms with Crippen LogP contribution in [0.15, 0.2) is 42.5 Å². The van der Waals surface area contributed by atoms with Gasteiger partial charge in [-0.1, -0.05) is 18.2 Å². The zero-order valence-electron chi connectivity index (χ0n) is 15.5. The Morgan fingerprint density at radius 1 is 1.22 bits per heavy atom. The van der Waals surface area contributed by atoms with Gasteiger partial charge in [-0.05, 0) is 43.0 Å². The first kappa shape index (κ1) is 19.0. The minimum absolute atomic E-state index is 0.151. The van der Waals surface area contributed by atoms with Gasteiger partial charge in [-0.25, -0.2) is 9.78 Å². The van der Waals surface area contributed by atoms with Crippen molar-refractivity contribution in [3.8, 4) is 0 Å². The SMILES string of the molecule is COC(=O)c1ccc(C)c(NC(=O)Cn2c(CSC)nc3ccccc32)c1. The second kappa shape index (κ2) is 8.26. The van der Waals surface area contributed by atoms with E-state index in [0.717, 1.165) is 28.2 Å². The maximum absolute atomic E-state index is 12.7. The molecule has 0 saturated carbocycles. The first-order valence-electron chi connectivity index (χ1n) is 8.45. The molecular weight excluding hydrogens is 362 g/mol. The Kier molecular flexibility index (Phi) is 5.81. The number of methoxy groups -OCH3 is 1. The number of amides is 1. The number of fused-ring (bicyclic) bond motifs is 1. The molecule has 0 radical (unpaired) electrons. The molecule has 3 aromatic rings. The topological polar surface area (TPSA) is 73.2 Å². The molecule has 0 saturated heterocycles. The van der Waals surface area contributed by atoms with E-state index < -0.39 is 5.97 Å². The van der Waals surface area contributed by atoms with Crippen LogP contribution in [-0.4, -0.2) is 34.8 Å². The van der Waals surface area contributed by atoms with E-state index in [1.54, 1.807) is 30.0 Å². The molecule has 0 aliphatic rings. The van der Waals surface area contributed by atoms with Crippen molar-refractivity contribution in [1.82, 2.24) is 9.55 Å². The van der Waals surface area contributed by atoms with Crippen molar-refractivity contribution in [2.75, 3.05) is 18.7 Å². The molecule has 0 aliphatic heterocycles. The molecule has 1 amide bonds. The summed E-state index contributed by atoms with van der Waals surface area (Å²) in [5.74, 6) is 0.969. The highest BCUT2D eigenvalue weighted by molar-refractivity contribution is 7.97. The van der Waals surface area contributed by atoms with Crippen LogP contribution in [0.5, 0.6) is 0 Å². The third-order valence-electron chi connectivity index (χ3n) is 4.24. The first-order chi connectivity index (χ1) is 13.0. The Labute approximate surface area is 161 Å². The van der Waals surface area contributed by atoms with Gasteiger partial charge >= 0.3 is 5.97 Å². The summed E-state index contributed by atoms with van der Waals surface area (Å²) < 4.78 is 6.68. The average Bonchev–Trinajstić information content (AvgIpc) is 3.00. The number of anilines is 1. The minimum atomic E-state index is -0.437. The molecule has 0 spiro atoms. The summed E-state index contributed by atoms with van der Waals surface area (Å²) in [5.41, 5.74) is 3.67. The number of imidazole rings is 1. The molecule has 1 aromatic heterocycles. The molecule has 7 heteroatoms. The number of para-hydroxylation sites is 2. The van der Waals surface area contributed by atoms with Crippen LogP contribution in [0.1, 0.15) is 21.7 Å². The second-order valence-corrected chi connectivity index (χ2v) is 6.97. The summed E-state index contributed by atoms with van der Waals surface area (Å²) in [5, 5.41) is 2.90. The standard InChI is InChI=1S/C20H21N3O3S/c1-13-8-9-14(20(25)26-2)10-16(13)22-19(24)11-23-17-7-5-4-6-15(17)21-18(23)12-27-3/h4-10H,11-12H2,1-3H3,(H,22,24). The van der Waals surface area contributed by atoms with E-state index >= 15 is 0 Å². The molecule has 2 aromatic carbocycles. The number of hydrogen-bond donors (Lipinski definition) is 1. The van der Waals surface area contributed by atoms with Crippen LogP contribution in [0, 0.1) is 6.92 Å². The second-order valence-electron chi connectivity index (χ2n) is 6.11. The van der Waals surface area contributed by atoms with Crippen LogP contribution < -0.4 is 5.32 Å². The summed E-state index contributed by atoms with van der Waals surface area (Å²) >= 11 is 1.66. The summed E-state index contributed by atoms with van der Waals surface area (Å²) in [6, 6.07) is 12.9. The normalized spacial score (nSPS) is 10.8. The van der Waals surface area contributed by atoms with Gasteiger partial charge in [-0.15, -0.1) is 0 Å². The fraction of sp³-hybridized carbons (Fsp3) is 0.250. The van der Waals surface area contributed by atoms with Gasteiger partial charge in [-0.2, -0.15) is 11.8 Å². The predicted molar refractivity (Wildman–Crippen MR) is 108 cm³/mol. The third-order valence-corrected chi connectivity index (χ3v) is 4.79. The van der Waals surface area contributed by atoms with E-state index in [9.17, 15) is 9.59 Å². The number of carbonyl (C=O) groups is 2. The van der Waals surface area contributed by atoms with Gasteiger partial charge in [0.1, 0.15) is 12.4 Å². The Bertz CT molecular complexity index is 997. The van der Waals surface area contributed by atoms with Crippen LogP contribution >= 0.6 is 11.8 Å². The number of nitrogens with zero attached hydrogens (tertiary/aromatic N) is 2. The molecule has 0 bridgehead atoms. The van der Waals surface area contributed by atoms with Crippen molar-refractivity contribution in [2.45, 2.75) is 19.2 Å². The largest absolute Gasteiger partial charge is 0.465 e. The van der Waals surface area contributed by atoms with Gasteiger partial charge in [0.05, 0.1) is 29.5 Å². The van der Waals surface area contributed by atoms with Crippen LogP contribution in [0.25, 0.3) is 11.0 Å². The zero-order chi connectivity index (χ0) is 19.4.